The SMILES string of the molecule is CC(C)(C)OC(=O)CCC(NC(=O)OC(C)(C)C)C(=O)O[C@H]1C[C@@]2(C)C3C[C@H](O)[C@H]4C(C)(C)[C@@H](O)CC[C@@]45CC35CC[C@]2(C)[C@H]1[C@@]1(C)CC[C@@H](C(C)(C)O)O1. The lowest BCUT2D eigenvalue weighted by atomic mass is 9.41. The van der Waals surface area contributed by atoms with Crippen LogP contribution in [0.1, 0.15) is 161 Å². The van der Waals surface area contributed by atoms with Crippen LogP contribution < -0.4 is 5.32 Å². The van der Waals surface area contributed by atoms with Crippen LogP contribution in [0.15, 0.2) is 0 Å². The Balaban J connectivity index is 1.35. The summed E-state index contributed by atoms with van der Waals surface area (Å²) < 4.78 is 24.7. The molecule has 5 saturated carbocycles. The Morgan fingerprint density at radius 3 is 2.04 bits per heavy atom. The first-order chi connectivity index (χ1) is 24.9. The predicted molar refractivity (Wildman–Crippen MR) is 207 cm³/mol. The van der Waals surface area contributed by atoms with E-state index in [2.05, 4.69) is 39.9 Å². The average molecular weight is 776 g/mol. The van der Waals surface area contributed by atoms with Gasteiger partial charge in [0.15, 0.2) is 0 Å². The molecule has 1 saturated heterocycles. The normalized spacial score (nSPS) is 43.9. The molecule has 314 valence electrons. The number of esters is 2. The summed E-state index contributed by atoms with van der Waals surface area (Å²) in [6.45, 7) is 25.2. The standard InChI is InChI=1S/C44H73NO10/c1-36(2,3)54-31(48)15-14-25(45-35(50)55-37(4,5)6)34(49)52-27-23-41(12)28-22-26(46)32-38(7,8)29(47)16-19-44(32)24-43(28,44)21-20-40(41,11)33(27)42(13)18-17-30(53-42)39(9,10)51/h25-30,32-33,46-47,51H,14-24H2,1-13H3,(H,45,50)/t25?,26-,27-,28?,29-,30-,32-,33-,40+,41-,42+,43?,44+/m0/s1. The Morgan fingerprint density at radius 1 is 0.818 bits per heavy atom. The van der Waals surface area contributed by atoms with Gasteiger partial charge in [-0.2, -0.15) is 0 Å². The summed E-state index contributed by atoms with van der Waals surface area (Å²) in [7, 11) is 0. The molecule has 0 radical (unpaired) electrons. The first kappa shape index (κ1) is 42.7. The van der Waals surface area contributed by atoms with Gasteiger partial charge in [0.2, 0.25) is 0 Å². The molecule has 5 aliphatic carbocycles. The number of amides is 1. The van der Waals surface area contributed by atoms with Crippen molar-refractivity contribution in [3.05, 3.63) is 0 Å². The minimum atomic E-state index is -1.17. The van der Waals surface area contributed by atoms with Crippen LogP contribution in [0, 0.1) is 44.8 Å². The van der Waals surface area contributed by atoms with E-state index in [0.717, 1.165) is 32.1 Å². The predicted octanol–water partition coefficient (Wildman–Crippen LogP) is 7.00. The highest BCUT2D eigenvalue weighted by molar-refractivity contribution is 5.82. The van der Waals surface area contributed by atoms with Crippen molar-refractivity contribution in [3.63, 3.8) is 0 Å². The topological polar surface area (TPSA) is 161 Å². The fraction of sp³-hybridized carbons (Fsp3) is 0.932. The number of nitrogens with one attached hydrogen (secondary N) is 1. The highest BCUT2D eigenvalue weighted by Gasteiger charge is 2.85. The number of hydrogen-bond donors (Lipinski definition) is 4. The number of ether oxygens (including phenoxy) is 4. The van der Waals surface area contributed by atoms with Crippen LogP contribution in [0.25, 0.3) is 0 Å². The van der Waals surface area contributed by atoms with Gasteiger partial charge >= 0.3 is 18.0 Å². The van der Waals surface area contributed by atoms with Gasteiger partial charge in [0.1, 0.15) is 23.3 Å². The average Bonchev–Trinajstić information content (AvgIpc) is 3.35. The lowest BCUT2D eigenvalue weighted by molar-refractivity contribution is -0.214. The summed E-state index contributed by atoms with van der Waals surface area (Å²) in [6.07, 6.45) is 4.21. The number of carbonyl (C=O) groups is 3. The van der Waals surface area contributed by atoms with Gasteiger partial charge in [-0.05, 0) is 165 Å². The van der Waals surface area contributed by atoms with Crippen molar-refractivity contribution in [1.82, 2.24) is 5.32 Å². The smallest absolute Gasteiger partial charge is 0.408 e. The number of alkyl carbamates (subject to hydrolysis) is 1. The van der Waals surface area contributed by atoms with Crippen molar-refractivity contribution in [2.24, 2.45) is 44.8 Å². The third-order valence-electron chi connectivity index (χ3n) is 16.1. The molecule has 6 aliphatic rings. The van der Waals surface area contributed by atoms with Crippen LogP contribution in [0.2, 0.25) is 0 Å². The molecule has 1 amide bonds. The third-order valence-corrected chi connectivity index (χ3v) is 16.1. The van der Waals surface area contributed by atoms with Gasteiger partial charge in [-0.25, -0.2) is 9.59 Å². The molecular weight excluding hydrogens is 702 g/mol. The van der Waals surface area contributed by atoms with Crippen molar-refractivity contribution < 1.29 is 48.7 Å². The fourth-order valence-electron chi connectivity index (χ4n) is 13.8. The van der Waals surface area contributed by atoms with E-state index in [9.17, 15) is 29.7 Å². The Labute approximate surface area is 329 Å². The van der Waals surface area contributed by atoms with E-state index in [1.54, 1.807) is 55.4 Å². The second-order valence-corrected chi connectivity index (χ2v) is 22.6. The molecule has 6 fully saturated rings. The highest BCUT2D eigenvalue weighted by atomic mass is 16.6. The first-order valence-corrected chi connectivity index (χ1v) is 21.1. The van der Waals surface area contributed by atoms with Gasteiger partial charge < -0.3 is 39.6 Å². The van der Waals surface area contributed by atoms with E-state index in [1.165, 1.54) is 0 Å². The molecule has 6 rings (SSSR count). The molecule has 1 aliphatic heterocycles. The Hall–Kier alpha value is -1.95. The van der Waals surface area contributed by atoms with Crippen LogP contribution in [-0.2, 0) is 28.5 Å². The number of fused-ring (bicyclic) bond motifs is 2. The zero-order chi connectivity index (χ0) is 41.2. The van der Waals surface area contributed by atoms with Crippen molar-refractivity contribution in [2.45, 2.75) is 213 Å². The zero-order valence-electron chi connectivity index (χ0n) is 36.1. The molecule has 4 N–H and O–H groups in total. The summed E-state index contributed by atoms with van der Waals surface area (Å²) in [6, 6.07) is -1.17. The van der Waals surface area contributed by atoms with E-state index in [4.69, 9.17) is 18.9 Å². The van der Waals surface area contributed by atoms with Gasteiger partial charge in [-0.3, -0.25) is 4.79 Å². The number of aliphatic hydroxyl groups is 3. The summed E-state index contributed by atoms with van der Waals surface area (Å²) in [5.74, 6) is -1.19. The summed E-state index contributed by atoms with van der Waals surface area (Å²) in [5, 5.41) is 37.1. The first-order valence-electron chi connectivity index (χ1n) is 21.1. The largest absolute Gasteiger partial charge is 0.460 e. The number of rotatable bonds is 8. The lowest BCUT2D eigenvalue weighted by Gasteiger charge is -2.64. The minimum absolute atomic E-state index is 0.0201. The highest BCUT2D eigenvalue weighted by Crippen LogP contribution is 2.89. The molecule has 0 aromatic heterocycles. The van der Waals surface area contributed by atoms with Crippen LogP contribution in [0.4, 0.5) is 4.79 Å². The third kappa shape index (κ3) is 7.04. The maximum Gasteiger partial charge on any atom is 0.408 e. The van der Waals surface area contributed by atoms with Crippen LogP contribution in [0.3, 0.4) is 0 Å². The van der Waals surface area contributed by atoms with E-state index >= 15 is 0 Å². The molecule has 1 heterocycles. The minimum Gasteiger partial charge on any atom is -0.460 e. The van der Waals surface area contributed by atoms with E-state index in [1.807, 2.05) is 0 Å². The van der Waals surface area contributed by atoms with E-state index < -0.39 is 76.3 Å². The van der Waals surface area contributed by atoms with Crippen molar-refractivity contribution >= 4 is 18.0 Å². The van der Waals surface area contributed by atoms with E-state index in [0.29, 0.717) is 25.7 Å². The van der Waals surface area contributed by atoms with Crippen LogP contribution in [-0.4, -0.2) is 86.2 Å². The molecule has 55 heavy (non-hydrogen) atoms. The van der Waals surface area contributed by atoms with Gasteiger partial charge in [0, 0.05) is 12.3 Å². The number of aliphatic hydroxyl groups excluding tert-OH is 2. The van der Waals surface area contributed by atoms with Crippen LogP contribution >= 0.6 is 0 Å². The van der Waals surface area contributed by atoms with Crippen molar-refractivity contribution in [2.75, 3.05) is 0 Å². The number of hydrogen-bond acceptors (Lipinski definition) is 10. The Morgan fingerprint density at radius 2 is 1.45 bits per heavy atom. The fourth-order valence-corrected chi connectivity index (χ4v) is 13.8. The summed E-state index contributed by atoms with van der Waals surface area (Å²) >= 11 is 0. The van der Waals surface area contributed by atoms with Crippen LogP contribution in [0.5, 0.6) is 0 Å². The zero-order valence-corrected chi connectivity index (χ0v) is 36.1. The molecule has 13 atom stereocenters. The quantitative estimate of drug-likeness (QED) is 0.149. The van der Waals surface area contributed by atoms with Crippen molar-refractivity contribution in [1.29, 1.82) is 0 Å². The maximum absolute atomic E-state index is 14.5. The van der Waals surface area contributed by atoms with Gasteiger partial charge in [0.05, 0.1) is 29.5 Å². The lowest BCUT2D eigenvalue weighted by Crippen LogP contribution is -2.62. The van der Waals surface area contributed by atoms with Gasteiger partial charge in [0.25, 0.3) is 0 Å². The Kier molecular flexibility index (Phi) is 10.3. The summed E-state index contributed by atoms with van der Waals surface area (Å²) in [4.78, 5) is 40.5. The second kappa shape index (κ2) is 13.3. The molecular formula is C44H73NO10. The maximum atomic E-state index is 14.5. The van der Waals surface area contributed by atoms with Crippen molar-refractivity contribution in [3.8, 4) is 0 Å². The molecule has 11 heteroatoms. The van der Waals surface area contributed by atoms with Gasteiger partial charge in [-0.1, -0.05) is 27.7 Å². The molecule has 2 spiro atoms. The van der Waals surface area contributed by atoms with E-state index in [-0.39, 0.29) is 52.3 Å². The molecule has 0 aromatic rings. The second-order valence-electron chi connectivity index (χ2n) is 22.6. The molecule has 0 bridgehead atoms. The number of carbonyl (C=O) groups excluding carboxylic acids is 3. The molecule has 0 aromatic carbocycles. The molecule has 3 unspecified atom stereocenters. The summed E-state index contributed by atoms with van der Waals surface area (Å²) in [5.41, 5.74) is -4.41. The Bertz CT molecular complexity index is 1520. The monoisotopic (exact) mass is 776 g/mol. The molecule has 11 nitrogen and oxygen atoms in total. The van der Waals surface area contributed by atoms with Gasteiger partial charge in [-0.15, -0.1) is 0 Å².